The van der Waals surface area contributed by atoms with Crippen molar-refractivity contribution < 1.29 is 43.4 Å². The van der Waals surface area contributed by atoms with Crippen molar-refractivity contribution in [3.05, 3.63) is 0 Å². The first kappa shape index (κ1) is 23.3. The van der Waals surface area contributed by atoms with Crippen LogP contribution >= 0.6 is 0 Å². The fraction of sp³-hybridized carbons (Fsp3) is 0.923. The van der Waals surface area contributed by atoms with Crippen LogP contribution in [0.2, 0.25) is 0 Å². The molecule has 0 amide bonds. The van der Waals surface area contributed by atoms with E-state index in [1.807, 2.05) is 0 Å². The number of carbonyl (C=O) groups excluding carboxylic acids is 1. The lowest BCUT2D eigenvalue weighted by atomic mass is 10.7. The lowest BCUT2D eigenvalue weighted by Gasteiger charge is -2.03. The average Bonchev–Trinajstić information content (AvgIpc) is 2.54. The van der Waals surface area contributed by atoms with Crippen molar-refractivity contribution in [1.82, 2.24) is 0 Å². The fourth-order valence-electron chi connectivity index (χ4n) is 0.938. The van der Waals surface area contributed by atoms with Crippen molar-refractivity contribution in [2.45, 2.75) is 0 Å². The first-order valence-corrected chi connectivity index (χ1v) is 6.87. The molecule has 0 aromatic heterocycles. The number of aliphatic hydroxyl groups excluding tert-OH is 2. The Morgan fingerprint density at radius 3 is 1.64 bits per heavy atom. The maximum Gasteiger partial charge on any atom is 0.508 e. The zero-order chi connectivity index (χ0) is 16.9. The first-order chi connectivity index (χ1) is 10.7. The summed E-state index contributed by atoms with van der Waals surface area (Å²) in [5, 5.41) is 16.5. The monoisotopic (exact) mass is 328 g/mol. The van der Waals surface area contributed by atoms with E-state index >= 15 is 0 Å². The molecule has 0 saturated carbocycles. The Kier molecular flexibility index (Phi) is 23.6. The highest BCUT2D eigenvalue weighted by atomic mass is 16.7. The van der Waals surface area contributed by atoms with E-state index in [0.717, 1.165) is 0 Å². The molecule has 0 aliphatic carbocycles. The quantitative estimate of drug-likeness (QED) is 0.339. The third-order valence-corrected chi connectivity index (χ3v) is 1.89. The maximum atomic E-state index is 10.4. The van der Waals surface area contributed by atoms with Crippen LogP contribution in [0.1, 0.15) is 0 Å². The minimum atomic E-state index is -0.689. The minimum absolute atomic E-state index is 0.0417. The second-order valence-electron chi connectivity index (χ2n) is 3.58. The highest BCUT2D eigenvalue weighted by molar-refractivity contribution is 5.59. The molecule has 0 aromatic rings. The SMILES string of the molecule is COCCOCCOC(=O)OC.OCCOCCOCCO. The lowest BCUT2D eigenvalue weighted by Crippen LogP contribution is -2.12. The van der Waals surface area contributed by atoms with Gasteiger partial charge in [-0.15, -0.1) is 0 Å². The van der Waals surface area contributed by atoms with Gasteiger partial charge in [-0.1, -0.05) is 0 Å². The molecule has 0 unspecified atom stereocenters. The van der Waals surface area contributed by atoms with Crippen LogP contribution in [0.25, 0.3) is 0 Å². The normalized spacial score (nSPS) is 9.82. The van der Waals surface area contributed by atoms with Gasteiger partial charge in [0, 0.05) is 7.11 Å². The molecule has 22 heavy (non-hydrogen) atoms. The zero-order valence-electron chi connectivity index (χ0n) is 13.3. The summed E-state index contributed by atoms with van der Waals surface area (Å²) in [6.45, 7) is 3.33. The molecule has 0 saturated heterocycles. The third-order valence-electron chi connectivity index (χ3n) is 1.89. The van der Waals surface area contributed by atoms with E-state index in [1.54, 1.807) is 7.11 Å². The summed E-state index contributed by atoms with van der Waals surface area (Å²) in [5.41, 5.74) is 0. The van der Waals surface area contributed by atoms with Gasteiger partial charge in [-0.2, -0.15) is 0 Å². The number of hydrogen-bond donors (Lipinski definition) is 2. The predicted molar refractivity (Wildman–Crippen MR) is 76.9 cm³/mol. The van der Waals surface area contributed by atoms with E-state index in [4.69, 9.17) is 29.2 Å². The molecule has 134 valence electrons. The Balaban J connectivity index is 0. The summed E-state index contributed by atoms with van der Waals surface area (Å²) in [6, 6.07) is 0. The van der Waals surface area contributed by atoms with Gasteiger partial charge < -0.3 is 38.6 Å². The summed E-state index contributed by atoms with van der Waals surface area (Å²) in [5.74, 6) is 0. The molecule has 0 fully saturated rings. The van der Waals surface area contributed by atoms with Gasteiger partial charge in [0.15, 0.2) is 0 Å². The molecule has 0 aliphatic rings. The van der Waals surface area contributed by atoms with Crippen LogP contribution in [0, 0.1) is 0 Å². The molecular formula is C13H28O9. The molecular weight excluding hydrogens is 300 g/mol. The van der Waals surface area contributed by atoms with E-state index in [0.29, 0.717) is 46.2 Å². The number of methoxy groups -OCH3 is 2. The third kappa shape index (κ3) is 24.1. The zero-order valence-corrected chi connectivity index (χ0v) is 13.3. The second kappa shape index (κ2) is 22.3. The summed E-state index contributed by atoms with van der Waals surface area (Å²) >= 11 is 0. The molecule has 9 nitrogen and oxygen atoms in total. The van der Waals surface area contributed by atoms with Gasteiger partial charge in [-0.3, -0.25) is 0 Å². The lowest BCUT2D eigenvalue weighted by molar-refractivity contribution is 0.0222. The average molecular weight is 328 g/mol. The summed E-state index contributed by atoms with van der Waals surface area (Å²) < 4.78 is 28.3. The van der Waals surface area contributed by atoms with E-state index < -0.39 is 6.16 Å². The molecule has 0 aromatic carbocycles. The summed E-state index contributed by atoms with van der Waals surface area (Å²) in [4.78, 5) is 10.4. The molecule has 2 N–H and O–H groups in total. The number of ether oxygens (including phenoxy) is 6. The number of carbonyl (C=O) groups is 1. The first-order valence-electron chi connectivity index (χ1n) is 6.87. The standard InChI is InChI=1S/C7H14O5.C6H14O4/c1-9-3-4-11-5-6-12-7(8)10-2;7-1-3-9-5-6-10-4-2-8/h3-6H2,1-2H3;7-8H,1-6H2. The van der Waals surface area contributed by atoms with E-state index in [9.17, 15) is 4.79 Å². The molecule has 0 radical (unpaired) electrons. The van der Waals surface area contributed by atoms with Crippen LogP contribution in [0.15, 0.2) is 0 Å². The van der Waals surface area contributed by atoms with Crippen LogP contribution in [-0.4, -0.2) is 96.7 Å². The van der Waals surface area contributed by atoms with Gasteiger partial charge in [-0.05, 0) is 0 Å². The second-order valence-corrected chi connectivity index (χ2v) is 3.58. The van der Waals surface area contributed by atoms with Crippen molar-refractivity contribution in [3.63, 3.8) is 0 Å². The van der Waals surface area contributed by atoms with Gasteiger partial charge in [0.2, 0.25) is 0 Å². The number of aliphatic hydroxyl groups is 2. The summed E-state index contributed by atoms with van der Waals surface area (Å²) in [7, 11) is 2.85. The van der Waals surface area contributed by atoms with Crippen molar-refractivity contribution in [2.24, 2.45) is 0 Å². The van der Waals surface area contributed by atoms with Gasteiger partial charge in [0.1, 0.15) is 6.61 Å². The highest BCUT2D eigenvalue weighted by Gasteiger charge is 1.98. The van der Waals surface area contributed by atoms with Crippen molar-refractivity contribution in [2.75, 3.05) is 80.3 Å². The van der Waals surface area contributed by atoms with Crippen LogP contribution in [0.4, 0.5) is 4.79 Å². The van der Waals surface area contributed by atoms with E-state index in [2.05, 4.69) is 9.47 Å². The van der Waals surface area contributed by atoms with Gasteiger partial charge in [0.05, 0.1) is 66.6 Å². The van der Waals surface area contributed by atoms with Crippen LogP contribution in [0.3, 0.4) is 0 Å². The molecule has 9 heteroatoms. The van der Waals surface area contributed by atoms with Crippen molar-refractivity contribution in [1.29, 1.82) is 0 Å². The van der Waals surface area contributed by atoms with Gasteiger partial charge >= 0.3 is 6.16 Å². The Morgan fingerprint density at radius 1 is 0.727 bits per heavy atom. The topological polar surface area (TPSA) is 113 Å². The number of hydrogen-bond acceptors (Lipinski definition) is 9. The molecule has 0 heterocycles. The van der Waals surface area contributed by atoms with Crippen LogP contribution in [-0.2, 0) is 28.4 Å². The van der Waals surface area contributed by atoms with Gasteiger partial charge in [-0.25, -0.2) is 4.79 Å². The van der Waals surface area contributed by atoms with Crippen molar-refractivity contribution in [3.8, 4) is 0 Å². The Hall–Kier alpha value is -0.970. The molecule has 0 rings (SSSR count). The Morgan fingerprint density at radius 2 is 1.18 bits per heavy atom. The molecule has 0 aliphatic heterocycles. The largest absolute Gasteiger partial charge is 0.508 e. The van der Waals surface area contributed by atoms with Gasteiger partial charge in [0.25, 0.3) is 0 Å². The van der Waals surface area contributed by atoms with E-state index in [-0.39, 0.29) is 19.8 Å². The Bertz CT molecular complexity index is 206. The maximum absolute atomic E-state index is 10.4. The summed E-state index contributed by atoms with van der Waals surface area (Å²) in [6.07, 6.45) is -0.689. The molecule has 0 bridgehead atoms. The molecule has 0 atom stereocenters. The fourth-order valence-corrected chi connectivity index (χ4v) is 0.938. The molecule has 0 spiro atoms. The number of rotatable bonds is 13. The highest BCUT2D eigenvalue weighted by Crippen LogP contribution is 1.83. The predicted octanol–water partition coefficient (Wildman–Crippen LogP) is -0.563. The van der Waals surface area contributed by atoms with Crippen LogP contribution in [0.5, 0.6) is 0 Å². The van der Waals surface area contributed by atoms with Crippen molar-refractivity contribution >= 4 is 6.16 Å². The van der Waals surface area contributed by atoms with E-state index in [1.165, 1.54) is 7.11 Å². The minimum Gasteiger partial charge on any atom is -0.438 e. The Labute approximate surface area is 131 Å². The smallest absolute Gasteiger partial charge is 0.438 e. The van der Waals surface area contributed by atoms with Crippen LogP contribution < -0.4 is 0 Å².